The molecule has 1 heterocycles. The number of aliphatic hydroxyl groups is 1. The number of aliphatic hydroxyl groups excluding tert-OH is 1. The molecule has 1 aliphatic heterocycles. The van der Waals surface area contributed by atoms with Gasteiger partial charge in [-0.05, 0) is 36.7 Å². The Kier molecular flexibility index (Phi) is 5.96. The molecule has 1 rings (SSSR count). The van der Waals surface area contributed by atoms with Crippen LogP contribution < -0.4 is 4.72 Å². The molecule has 0 amide bonds. The third-order valence-electron chi connectivity index (χ3n) is 2.50. The Morgan fingerprint density at radius 1 is 1.33 bits per heavy atom. The van der Waals surface area contributed by atoms with Crippen LogP contribution in [0.3, 0.4) is 0 Å². The number of hydrogen-bond acceptors (Lipinski definition) is 4. The Morgan fingerprint density at radius 2 is 2.00 bits per heavy atom. The first-order chi connectivity index (χ1) is 7.14. The molecule has 0 bridgehead atoms. The fourth-order valence-corrected chi connectivity index (χ4v) is 3.87. The highest BCUT2D eigenvalue weighted by atomic mass is 32.2. The summed E-state index contributed by atoms with van der Waals surface area (Å²) < 4.78 is 25.4. The Bertz CT molecular complexity index is 261. The van der Waals surface area contributed by atoms with Crippen LogP contribution >= 0.6 is 11.8 Å². The molecule has 0 aliphatic carbocycles. The summed E-state index contributed by atoms with van der Waals surface area (Å²) in [5.74, 6) is 2.81. The van der Waals surface area contributed by atoms with Crippen molar-refractivity contribution in [2.75, 3.05) is 30.4 Å². The minimum absolute atomic E-state index is 0.0327. The van der Waals surface area contributed by atoms with Gasteiger partial charge in [-0.15, -0.1) is 0 Å². The maximum atomic E-state index is 11.4. The van der Waals surface area contributed by atoms with Crippen LogP contribution in [0.15, 0.2) is 0 Å². The van der Waals surface area contributed by atoms with Crippen molar-refractivity contribution in [3.8, 4) is 0 Å². The summed E-state index contributed by atoms with van der Waals surface area (Å²) in [5.41, 5.74) is 0. The van der Waals surface area contributed by atoms with E-state index in [0.717, 1.165) is 24.3 Å². The van der Waals surface area contributed by atoms with Crippen LogP contribution in [0.4, 0.5) is 0 Å². The van der Waals surface area contributed by atoms with Crippen LogP contribution in [-0.2, 0) is 10.0 Å². The molecule has 1 fully saturated rings. The van der Waals surface area contributed by atoms with Gasteiger partial charge in [0.05, 0.1) is 5.75 Å². The molecule has 0 unspecified atom stereocenters. The standard InChI is InChI=1S/C9H19NO3S2/c11-4-1-7-15(12,13)10-8-9-2-5-14-6-3-9/h9-11H,1-8H2. The van der Waals surface area contributed by atoms with Gasteiger partial charge in [-0.2, -0.15) is 11.8 Å². The number of hydrogen-bond donors (Lipinski definition) is 2. The zero-order valence-electron chi connectivity index (χ0n) is 8.81. The van der Waals surface area contributed by atoms with Gasteiger partial charge in [0, 0.05) is 13.2 Å². The fourth-order valence-electron chi connectivity index (χ4n) is 1.52. The summed E-state index contributed by atoms with van der Waals surface area (Å²) >= 11 is 1.94. The van der Waals surface area contributed by atoms with Gasteiger partial charge in [0.15, 0.2) is 0 Å². The lowest BCUT2D eigenvalue weighted by atomic mass is 10.0. The average Bonchev–Trinajstić information content (AvgIpc) is 2.25. The molecule has 6 heteroatoms. The summed E-state index contributed by atoms with van der Waals surface area (Å²) in [6, 6.07) is 0. The van der Waals surface area contributed by atoms with E-state index in [-0.39, 0.29) is 12.4 Å². The van der Waals surface area contributed by atoms with E-state index in [1.807, 2.05) is 11.8 Å². The minimum atomic E-state index is -3.16. The second-order valence-corrected chi connectivity index (χ2v) is 6.95. The maximum absolute atomic E-state index is 11.4. The van der Waals surface area contributed by atoms with Crippen LogP contribution in [0.25, 0.3) is 0 Å². The predicted molar refractivity (Wildman–Crippen MR) is 63.5 cm³/mol. The number of nitrogens with one attached hydrogen (secondary N) is 1. The highest BCUT2D eigenvalue weighted by Gasteiger charge is 2.16. The summed E-state index contributed by atoms with van der Waals surface area (Å²) in [7, 11) is -3.16. The minimum Gasteiger partial charge on any atom is -0.396 e. The molecule has 0 radical (unpaired) electrons. The van der Waals surface area contributed by atoms with Crippen molar-refractivity contribution in [3.05, 3.63) is 0 Å². The molecule has 0 aromatic heterocycles. The maximum Gasteiger partial charge on any atom is 0.211 e. The van der Waals surface area contributed by atoms with Crippen molar-refractivity contribution in [1.82, 2.24) is 4.72 Å². The van der Waals surface area contributed by atoms with E-state index in [4.69, 9.17) is 5.11 Å². The van der Waals surface area contributed by atoms with Gasteiger partial charge in [0.25, 0.3) is 0 Å². The third-order valence-corrected chi connectivity index (χ3v) is 4.99. The van der Waals surface area contributed by atoms with Crippen LogP contribution in [0, 0.1) is 5.92 Å². The van der Waals surface area contributed by atoms with Gasteiger partial charge in [-0.1, -0.05) is 0 Å². The zero-order chi connectivity index (χ0) is 11.1. The molecule has 1 aliphatic rings. The molecule has 15 heavy (non-hydrogen) atoms. The van der Waals surface area contributed by atoms with Crippen molar-refractivity contribution in [2.45, 2.75) is 19.3 Å². The van der Waals surface area contributed by atoms with Gasteiger partial charge in [-0.25, -0.2) is 13.1 Å². The molecule has 4 nitrogen and oxygen atoms in total. The molecule has 90 valence electrons. The van der Waals surface area contributed by atoms with Gasteiger partial charge in [0.2, 0.25) is 10.0 Å². The van der Waals surface area contributed by atoms with E-state index in [2.05, 4.69) is 4.72 Å². The smallest absolute Gasteiger partial charge is 0.211 e. The Balaban J connectivity index is 2.22. The van der Waals surface area contributed by atoms with E-state index in [9.17, 15) is 8.42 Å². The van der Waals surface area contributed by atoms with E-state index in [1.165, 1.54) is 0 Å². The summed E-state index contributed by atoms with van der Waals surface area (Å²) in [6.45, 7) is 0.495. The SMILES string of the molecule is O=S(=O)(CCCO)NCC1CCSCC1. The largest absolute Gasteiger partial charge is 0.396 e. The second kappa shape index (κ2) is 6.73. The van der Waals surface area contributed by atoms with Crippen LogP contribution in [0.2, 0.25) is 0 Å². The number of sulfonamides is 1. The molecule has 0 aromatic rings. The molecular weight excluding hydrogens is 234 g/mol. The normalized spacial score (nSPS) is 19.3. The monoisotopic (exact) mass is 253 g/mol. The molecule has 0 spiro atoms. The summed E-state index contributed by atoms with van der Waals surface area (Å²) in [5, 5.41) is 8.55. The summed E-state index contributed by atoms with van der Waals surface area (Å²) in [6.07, 6.45) is 2.52. The Morgan fingerprint density at radius 3 is 2.60 bits per heavy atom. The van der Waals surface area contributed by atoms with Crippen molar-refractivity contribution in [2.24, 2.45) is 5.92 Å². The van der Waals surface area contributed by atoms with Crippen molar-refractivity contribution < 1.29 is 13.5 Å². The highest BCUT2D eigenvalue weighted by Crippen LogP contribution is 2.21. The second-order valence-electron chi connectivity index (χ2n) is 3.80. The fraction of sp³-hybridized carbons (Fsp3) is 1.00. The van der Waals surface area contributed by atoms with Gasteiger partial charge < -0.3 is 5.11 Å². The van der Waals surface area contributed by atoms with Gasteiger partial charge in [-0.3, -0.25) is 0 Å². The van der Waals surface area contributed by atoms with Crippen LogP contribution in [0.5, 0.6) is 0 Å². The Labute approximate surface area is 95.9 Å². The van der Waals surface area contributed by atoms with Crippen molar-refractivity contribution >= 4 is 21.8 Å². The topological polar surface area (TPSA) is 66.4 Å². The lowest BCUT2D eigenvalue weighted by molar-refractivity contribution is 0.295. The molecule has 2 N–H and O–H groups in total. The average molecular weight is 253 g/mol. The van der Waals surface area contributed by atoms with Crippen LogP contribution in [0.1, 0.15) is 19.3 Å². The first kappa shape index (κ1) is 13.3. The molecular formula is C9H19NO3S2. The first-order valence-electron chi connectivity index (χ1n) is 5.30. The van der Waals surface area contributed by atoms with Gasteiger partial charge in [0.1, 0.15) is 0 Å². The first-order valence-corrected chi connectivity index (χ1v) is 8.10. The molecule has 1 saturated heterocycles. The lowest BCUT2D eigenvalue weighted by Gasteiger charge is -2.21. The molecule has 0 aromatic carbocycles. The Hall–Kier alpha value is 0.220. The van der Waals surface area contributed by atoms with Crippen molar-refractivity contribution in [3.63, 3.8) is 0 Å². The van der Waals surface area contributed by atoms with E-state index in [1.54, 1.807) is 0 Å². The van der Waals surface area contributed by atoms with E-state index in [0.29, 0.717) is 18.9 Å². The number of rotatable bonds is 6. The van der Waals surface area contributed by atoms with E-state index >= 15 is 0 Å². The quantitative estimate of drug-likeness (QED) is 0.720. The third kappa shape index (κ3) is 5.75. The van der Waals surface area contributed by atoms with Gasteiger partial charge >= 0.3 is 0 Å². The predicted octanol–water partition coefficient (Wildman–Crippen LogP) is 0.431. The highest BCUT2D eigenvalue weighted by molar-refractivity contribution is 7.99. The molecule has 0 saturated carbocycles. The summed E-state index contributed by atoms with van der Waals surface area (Å²) in [4.78, 5) is 0. The zero-order valence-corrected chi connectivity index (χ0v) is 10.4. The number of thioether (sulfide) groups is 1. The van der Waals surface area contributed by atoms with Crippen LogP contribution in [-0.4, -0.2) is 43.9 Å². The van der Waals surface area contributed by atoms with Crippen molar-refractivity contribution in [1.29, 1.82) is 0 Å². The lowest BCUT2D eigenvalue weighted by Crippen LogP contribution is -2.32. The van der Waals surface area contributed by atoms with E-state index < -0.39 is 10.0 Å². The molecule has 0 atom stereocenters.